The van der Waals surface area contributed by atoms with E-state index in [-0.39, 0.29) is 11.9 Å². The quantitative estimate of drug-likeness (QED) is 0.805. The van der Waals surface area contributed by atoms with Gasteiger partial charge in [0.15, 0.2) is 5.82 Å². The van der Waals surface area contributed by atoms with Crippen LogP contribution < -0.4 is 10.1 Å². The van der Waals surface area contributed by atoms with E-state index in [4.69, 9.17) is 9.26 Å². The second-order valence-electron chi connectivity index (χ2n) is 5.88. The van der Waals surface area contributed by atoms with Gasteiger partial charge in [-0.3, -0.25) is 9.69 Å². The number of hydrogen-bond acceptors (Lipinski definition) is 5. The molecule has 0 bridgehead atoms. The first-order valence-corrected chi connectivity index (χ1v) is 8.13. The first-order chi connectivity index (χ1) is 11.5. The molecule has 1 atom stereocenters. The van der Waals surface area contributed by atoms with Crippen LogP contribution in [0.1, 0.15) is 24.7 Å². The highest BCUT2D eigenvalue weighted by molar-refractivity contribution is 5.93. The fraction of sp³-hybridized carbons (Fsp3) is 0.444. The number of likely N-dealkylation sites (N-methyl/N-ethyl adjacent to an activating group) is 1. The van der Waals surface area contributed by atoms with Crippen molar-refractivity contribution in [1.82, 2.24) is 10.1 Å². The molecule has 1 aromatic heterocycles. The Morgan fingerprint density at radius 3 is 2.79 bits per heavy atom. The van der Waals surface area contributed by atoms with Gasteiger partial charge in [0.2, 0.25) is 5.91 Å². The Bertz CT molecular complexity index is 669. The van der Waals surface area contributed by atoms with Crippen LogP contribution in [0, 0.1) is 13.8 Å². The lowest BCUT2D eigenvalue weighted by Gasteiger charge is -2.25. The van der Waals surface area contributed by atoms with Gasteiger partial charge in [0.1, 0.15) is 18.1 Å². The van der Waals surface area contributed by atoms with E-state index in [0.717, 1.165) is 11.3 Å². The average Bonchev–Trinajstić information content (AvgIpc) is 2.93. The molecule has 0 radical (unpaired) electrons. The lowest BCUT2D eigenvalue weighted by molar-refractivity contribution is -0.121. The number of benzene rings is 1. The Balaban J connectivity index is 1.84. The van der Waals surface area contributed by atoms with Crippen LogP contribution in [-0.4, -0.2) is 42.2 Å². The summed E-state index contributed by atoms with van der Waals surface area (Å²) < 4.78 is 10.7. The number of anilines is 1. The van der Waals surface area contributed by atoms with Crippen molar-refractivity contribution in [3.05, 3.63) is 41.7 Å². The summed E-state index contributed by atoms with van der Waals surface area (Å²) in [5, 5.41) is 6.58. The van der Waals surface area contributed by atoms with Gasteiger partial charge in [-0.2, -0.15) is 0 Å². The molecule has 1 N–H and O–H groups in total. The molecule has 1 amide bonds. The summed E-state index contributed by atoms with van der Waals surface area (Å²) in [6, 6.07) is 9.38. The molecule has 1 aromatic carbocycles. The van der Waals surface area contributed by atoms with Crippen LogP contribution in [0.25, 0.3) is 0 Å². The summed E-state index contributed by atoms with van der Waals surface area (Å²) in [6.07, 6.45) is 0.698. The van der Waals surface area contributed by atoms with Crippen LogP contribution in [0.4, 0.5) is 5.82 Å². The predicted octanol–water partition coefficient (Wildman–Crippen LogP) is 3.02. The minimum Gasteiger partial charge on any atom is -0.492 e. The minimum absolute atomic E-state index is 0.0937. The summed E-state index contributed by atoms with van der Waals surface area (Å²) in [5.74, 6) is 1.86. The third kappa shape index (κ3) is 5.09. The lowest BCUT2D eigenvalue weighted by atomic mass is 10.2. The van der Waals surface area contributed by atoms with Crippen molar-refractivity contribution in [3.8, 4) is 5.75 Å². The number of nitrogens with one attached hydrogen (secondary N) is 1. The van der Waals surface area contributed by atoms with Gasteiger partial charge in [0.05, 0.1) is 6.04 Å². The number of carbonyl (C=O) groups excluding carboxylic acids is 1. The third-order valence-corrected chi connectivity index (χ3v) is 3.80. The van der Waals surface area contributed by atoms with E-state index >= 15 is 0 Å². The van der Waals surface area contributed by atoms with Crippen LogP contribution >= 0.6 is 0 Å². The molecule has 6 heteroatoms. The SMILES string of the molecule is CC[C@@H](C(=O)Nc1cc(C)on1)N(C)CCOc1cccc(C)c1. The summed E-state index contributed by atoms with van der Waals surface area (Å²) in [7, 11) is 1.92. The normalized spacial score (nSPS) is 12.2. The maximum absolute atomic E-state index is 12.4. The smallest absolute Gasteiger partial charge is 0.242 e. The van der Waals surface area contributed by atoms with E-state index < -0.39 is 0 Å². The maximum Gasteiger partial charge on any atom is 0.242 e. The number of ether oxygens (including phenoxy) is 1. The van der Waals surface area contributed by atoms with Gasteiger partial charge in [0.25, 0.3) is 0 Å². The number of carbonyl (C=O) groups is 1. The Hall–Kier alpha value is -2.34. The summed E-state index contributed by atoms with van der Waals surface area (Å²) >= 11 is 0. The zero-order valence-electron chi connectivity index (χ0n) is 14.7. The molecule has 0 aliphatic rings. The average molecular weight is 331 g/mol. The number of nitrogens with zero attached hydrogens (tertiary/aromatic N) is 2. The fourth-order valence-electron chi connectivity index (χ4n) is 2.50. The summed E-state index contributed by atoms with van der Waals surface area (Å²) in [4.78, 5) is 14.4. The lowest BCUT2D eigenvalue weighted by Crippen LogP contribution is -2.43. The van der Waals surface area contributed by atoms with Gasteiger partial charge in [-0.1, -0.05) is 24.2 Å². The number of amides is 1. The highest BCUT2D eigenvalue weighted by Crippen LogP contribution is 2.13. The molecular weight excluding hydrogens is 306 g/mol. The standard InChI is InChI=1S/C18H25N3O3/c1-5-16(18(22)19-17-12-14(3)24-20-17)21(4)9-10-23-15-8-6-7-13(2)11-15/h6-8,11-12,16H,5,9-10H2,1-4H3,(H,19,20,22)/t16-/m0/s1. The Labute approximate surface area is 142 Å². The number of aromatic nitrogens is 1. The number of aryl methyl sites for hydroxylation is 2. The molecular formula is C18H25N3O3. The zero-order chi connectivity index (χ0) is 17.5. The molecule has 0 spiro atoms. The van der Waals surface area contributed by atoms with E-state index in [1.807, 2.05) is 50.1 Å². The highest BCUT2D eigenvalue weighted by Gasteiger charge is 2.22. The fourth-order valence-corrected chi connectivity index (χ4v) is 2.50. The van der Waals surface area contributed by atoms with Gasteiger partial charge in [-0.05, 0) is 45.0 Å². The van der Waals surface area contributed by atoms with E-state index in [1.54, 1.807) is 13.0 Å². The van der Waals surface area contributed by atoms with Crippen molar-refractivity contribution in [1.29, 1.82) is 0 Å². The topological polar surface area (TPSA) is 67.6 Å². The van der Waals surface area contributed by atoms with Gasteiger partial charge in [-0.25, -0.2) is 0 Å². The molecule has 2 aromatic rings. The van der Waals surface area contributed by atoms with Crippen LogP contribution in [0.3, 0.4) is 0 Å². The van der Waals surface area contributed by atoms with Crippen LogP contribution in [-0.2, 0) is 4.79 Å². The molecule has 1 heterocycles. The van der Waals surface area contributed by atoms with Gasteiger partial charge >= 0.3 is 0 Å². The molecule has 0 unspecified atom stereocenters. The molecule has 24 heavy (non-hydrogen) atoms. The van der Waals surface area contributed by atoms with Crippen molar-refractivity contribution in [3.63, 3.8) is 0 Å². The molecule has 0 saturated carbocycles. The minimum atomic E-state index is -0.247. The van der Waals surface area contributed by atoms with Crippen LogP contribution in [0.2, 0.25) is 0 Å². The molecule has 6 nitrogen and oxygen atoms in total. The molecule has 0 saturated heterocycles. The Kier molecular flexibility index (Phi) is 6.37. The van der Waals surface area contributed by atoms with E-state index in [9.17, 15) is 4.79 Å². The monoisotopic (exact) mass is 331 g/mol. The number of hydrogen-bond donors (Lipinski definition) is 1. The Morgan fingerprint density at radius 2 is 2.17 bits per heavy atom. The van der Waals surface area contributed by atoms with E-state index in [2.05, 4.69) is 10.5 Å². The van der Waals surface area contributed by atoms with E-state index in [1.165, 1.54) is 0 Å². The zero-order valence-corrected chi connectivity index (χ0v) is 14.7. The van der Waals surface area contributed by atoms with Crippen LogP contribution in [0.5, 0.6) is 5.75 Å². The molecule has 130 valence electrons. The van der Waals surface area contributed by atoms with Crippen molar-refractivity contribution < 1.29 is 14.1 Å². The Morgan fingerprint density at radius 1 is 1.38 bits per heavy atom. The van der Waals surface area contributed by atoms with Gasteiger partial charge in [-0.15, -0.1) is 0 Å². The van der Waals surface area contributed by atoms with Gasteiger partial charge in [0, 0.05) is 12.6 Å². The molecule has 0 aliphatic heterocycles. The van der Waals surface area contributed by atoms with Crippen molar-refractivity contribution >= 4 is 11.7 Å². The summed E-state index contributed by atoms with van der Waals surface area (Å²) in [6.45, 7) is 6.97. The van der Waals surface area contributed by atoms with Crippen LogP contribution in [0.15, 0.2) is 34.9 Å². The van der Waals surface area contributed by atoms with Gasteiger partial charge < -0.3 is 14.6 Å². The largest absolute Gasteiger partial charge is 0.492 e. The molecule has 0 fully saturated rings. The number of rotatable bonds is 8. The summed E-state index contributed by atoms with van der Waals surface area (Å²) in [5.41, 5.74) is 1.16. The second-order valence-corrected chi connectivity index (χ2v) is 5.88. The third-order valence-electron chi connectivity index (χ3n) is 3.80. The molecule has 0 aliphatic carbocycles. The maximum atomic E-state index is 12.4. The highest BCUT2D eigenvalue weighted by atomic mass is 16.5. The first-order valence-electron chi connectivity index (χ1n) is 8.13. The first kappa shape index (κ1) is 18.0. The second kappa shape index (κ2) is 8.49. The van der Waals surface area contributed by atoms with E-state index in [0.29, 0.717) is 31.2 Å². The van der Waals surface area contributed by atoms with Crippen molar-refractivity contribution in [2.75, 3.05) is 25.5 Å². The predicted molar refractivity (Wildman–Crippen MR) is 93.3 cm³/mol. The molecule has 2 rings (SSSR count). The van der Waals surface area contributed by atoms with Crippen molar-refractivity contribution in [2.45, 2.75) is 33.2 Å². The van der Waals surface area contributed by atoms with Crippen molar-refractivity contribution in [2.24, 2.45) is 0 Å².